The molecule has 0 saturated heterocycles. The Bertz CT molecular complexity index is 930. The quantitative estimate of drug-likeness (QED) is 0.205. The van der Waals surface area contributed by atoms with Crippen LogP contribution in [0.15, 0.2) is 55.1 Å². The van der Waals surface area contributed by atoms with E-state index in [0.717, 1.165) is 0 Å². The smallest absolute Gasteiger partial charge is 0.326 e. The first-order valence-corrected chi connectivity index (χ1v) is 10.3. The molecule has 0 saturated carbocycles. The standard InChI is InChI=1S/C23H28N2O9/c1-3-13(2)9-15(19(26)27)11-17(21(30)31)24-23(34)25-18(22(32)33)12-16(20(28)29)10-14-7-5-4-6-8-14/h3-8,15-18H,1-2,9-12H2,(H,26,27)(H,28,29)(H,30,31)(H,32,33)(H2,24,25,34). The largest absolute Gasteiger partial charge is 0.481 e. The molecule has 0 fully saturated rings. The summed E-state index contributed by atoms with van der Waals surface area (Å²) in [6.07, 6.45) is 0.311. The van der Waals surface area contributed by atoms with Crippen LogP contribution in [-0.4, -0.2) is 62.4 Å². The zero-order valence-electron chi connectivity index (χ0n) is 18.3. The van der Waals surface area contributed by atoms with Gasteiger partial charge in [0.05, 0.1) is 11.8 Å². The number of carbonyl (C=O) groups is 5. The molecule has 1 aromatic rings. The predicted molar refractivity (Wildman–Crippen MR) is 120 cm³/mol. The lowest BCUT2D eigenvalue weighted by atomic mass is 9.92. The number of amides is 2. The van der Waals surface area contributed by atoms with Crippen LogP contribution < -0.4 is 10.6 Å². The summed E-state index contributed by atoms with van der Waals surface area (Å²) in [5, 5.41) is 41.8. The minimum Gasteiger partial charge on any atom is -0.481 e. The molecular formula is C23H28N2O9. The number of nitrogens with one attached hydrogen (secondary N) is 2. The van der Waals surface area contributed by atoms with E-state index in [9.17, 15) is 44.4 Å². The maximum absolute atomic E-state index is 12.3. The van der Waals surface area contributed by atoms with Gasteiger partial charge in [0.1, 0.15) is 12.1 Å². The average Bonchev–Trinajstić information content (AvgIpc) is 2.76. The van der Waals surface area contributed by atoms with E-state index in [0.29, 0.717) is 11.1 Å². The number of benzene rings is 1. The third-order valence-corrected chi connectivity index (χ3v) is 5.07. The van der Waals surface area contributed by atoms with E-state index in [2.05, 4.69) is 23.8 Å². The SMILES string of the molecule is C=CC(=C)CC(CC(NC(=O)NC(CC(Cc1ccccc1)C(=O)O)C(=O)O)C(=O)O)C(=O)O. The van der Waals surface area contributed by atoms with Crippen molar-refractivity contribution in [2.75, 3.05) is 0 Å². The summed E-state index contributed by atoms with van der Waals surface area (Å²) >= 11 is 0. The number of aliphatic carboxylic acids is 4. The van der Waals surface area contributed by atoms with Crippen LogP contribution in [0.4, 0.5) is 4.79 Å². The molecule has 0 aliphatic rings. The molecule has 0 bridgehead atoms. The maximum atomic E-state index is 12.3. The first-order chi connectivity index (χ1) is 15.9. The molecule has 11 nitrogen and oxygen atoms in total. The molecule has 0 radical (unpaired) electrons. The van der Waals surface area contributed by atoms with Gasteiger partial charge in [0.25, 0.3) is 0 Å². The van der Waals surface area contributed by atoms with Gasteiger partial charge >= 0.3 is 29.9 Å². The highest BCUT2D eigenvalue weighted by Gasteiger charge is 2.32. The average molecular weight is 476 g/mol. The molecule has 0 spiro atoms. The topological polar surface area (TPSA) is 190 Å². The molecule has 0 heterocycles. The van der Waals surface area contributed by atoms with Crippen LogP contribution in [0.1, 0.15) is 24.8 Å². The second-order valence-electron chi connectivity index (χ2n) is 7.70. The molecule has 0 aromatic heterocycles. The van der Waals surface area contributed by atoms with Crippen molar-refractivity contribution >= 4 is 29.9 Å². The van der Waals surface area contributed by atoms with Gasteiger partial charge in [-0.1, -0.05) is 55.1 Å². The minimum absolute atomic E-state index is 0.0223. The fourth-order valence-corrected chi connectivity index (χ4v) is 3.21. The molecule has 4 unspecified atom stereocenters. The van der Waals surface area contributed by atoms with Crippen LogP contribution in [0, 0.1) is 11.8 Å². The van der Waals surface area contributed by atoms with Crippen molar-refractivity contribution in [2.24, 2.45) is 11.8 Å². The second-order valence-corrected chi connectivity index (χ2v) is 7.70. The van der Waals surface area contributed by atoms with Crippen molar-refractivity contribution in [3.8, 4) is 0 Å². The van der Waals surface area contributed by atoms with Crippen LogP contribution in [0.2, 0.25) is 0 Å². The maximum Gasteiger partial charge on any atom is 0.326 e. The summed E-state index contributed by atoms with van der Waals surface area (Å²) in [6, 6.07) is 4.06. The highest BCUT2D eigenvalue weighted by atomic mass is 16.4. The molecule has 184 valence electrons. The second kappa shape index (κ2) is 13.4. The lowest BCUT2D eigenvalue weighted by molar-refractivity contribution is -0.145. The summed E-state index contributed by atoms with van der Waals surface area (Å²) in [7, 11) is 0. The van der Waals surface area contributed by atoms with Crippen molar-refractivity contribution in [1.29, 1.82) is 0 Å². The number of rotatable bonds is 15. The monoisotopic (exact) mass is 476 g/mol. The first-order valence-electron chi connectivity index (χ1n) is 10.3. The summed E-state index contributed by atoms with van der Waals surface area (Å²) in [6.45, 7) is 7.06. The van der Waals surface area contributed by atoms with Gasteiger partial charge in [0.15, 0.2) is 0 Å². The zero-order valence-corrected chi connectivity index (χ0v) is 18.3. The summed E-state index contributed by atoms with van der Waals surface area (Å²) in [4.78, 5) is 58.7. The van der Waals surface area contributed by atoms with Gasteiger partial charge in [-0.05, 0) is 31.2 Å². The van der Waals surface area contributed by atoms with E-state index in [1.165, 1.54) is 6.08 Å². The molecule has 2 amide bonds. The molecule has 0 aliphatic carbocycles. The van der Waals surface area contributed by atoms with Crippen LogP contribution in [0.3, 0.4) is 0 Å². The van der Waals surface area contributed by atoms with Crippen LogP contribution >= 0.6 is 0 Å². The third kappa shape index (κ3) is 9.55. The lowest BCUT2D eigenvalue weighted by Gasteiger charge is -2.22. The van der Waals surface area contributed by atoms with E-state index in [1.807, 2.05) is 0 Å². The van der Waals surface area contributed by atoms with Crippen LogP contribution in [0.5, 0.6) is 0 Å². The number of urea groups is 1. The summed E-state index contributed by atoms with van der Waals surface area (Å²) in [5.41, 5.74) is 1.03. The van der Waals surface area contributed by atoms with Crippen LogP contribution in [0.25, 0.3) is 0 Å². The highest BCUT2D eigenvalue weighted by Crippen LogP contribution is 2.18. The van der Waals surface area contributed by atoms with Crippen molar-refractivity contribution in [3.63, 3.8) is 0 Å². The molecule has 1 rings (SSSR count). The van der Waals surface area contributed by atoms with Crippen molar-refractivity contribution in [1.82, 2.24) is 10.6 Å². The normalized spacial score (nSPS) is 14.0. The summed E-state index contributed by atoms with van der Waals surface area (Å²) in [5.74, 6) is -7.92. The van der Waals surface area contributed by atoms with Crippen molar-refractivity contribution < 1.29 is 44.4 Å². The molecule has 34 heavy (non-hydrogen) atoms. The van der Waals surface area contributed by atoms with Gasteiger partial charge in [-0.15, -0.1) is 0 Å². The Morgan fingerprint density at radius 2 is 1.26 bits per heavy atom. The molecule has 11 heteroatoms. The Hall–Kier alpha value is -4.15. The van der Waals surface area contributed by atoms with Gasteiger partial charge in [-0.2, -0.15) is 0 Å². The van der Waals surface area contributed by atoms with Gasteiger partial charge < -0.3 is 31.1 Å². The Kier molecular flexibility index (Phi) is 11.0. The number of carboxylic acid groups (broad SMARTS) is 4. The number of hydrogen-bond acceptors (Lipinski definition) is 5. The summed E-state index contributed by atoms with van der Waals surface area (Å²) < 4.78 is 0. The van der Waals surface area contributed by atoms with E-state index in [1.54, 1.807) is 30.3 Å². The van der Waals surface area contributed by atoms with Gasteiger partial charge in [0.2, 0.25) is 0 Å². The van der Waals surface area contributed by atoms with Gasteiger partial charge in [-0.25, -0.2) is 14.4 Å². The Labute approximate surface area is 195 Å². The number of carboxylic acids is 4. The first kappa shape index (κ1) is 27.9. The fraction of sp³-hybridized carbons (Fsp3) is 0.348. The van der Waals surface area contributed by atoms with E-state index >= 15 is 0 Å². The van der Waals surface area contributed by atoms with Gasteiger partial charge in [-0.3, -0.25) is 9.59 Å². The predicted octanol–water partition coefficient (Wildman–Crippen LogP) is 1.75. The Balaban J connectivity index is 2.89. The molecule has 4 atom stereocenters. The molecule has 1 aromatic carbocycles. The van der Waals surface area contributed by atoms with Crippen molar-refractivity contribution in [2.45, 2.75) is 37.8 Å². The Morgan fingerprint density at radius 1 is 0.794 bits per heavy atom. The zero-order chi connectivity index (χ0) is 25.8. The third-order valence-electron chi connectivity index (χ3n) is 5.07. The van der Waals surface area contributed by atoms with Gasteiger partial charge in [0, 0.05) is 0 Å². The van der Waals surface area contributed by atoms with E-state index < -0.39 is 66.7 Å². The number of hydrogen-bond donors (Lipinski definition) is 6. The molecule has 0 aliphatic heterocycles. The van der Waals surface area contributed by atoms with Crippen LogP contribution in [-0.2, 0) is 25.6 Å². The van der Waals surface area contributed by atoms with E-state index in [-0.39, 0.29) is 12.8 Å². The molecular weight excluding hydrogens is 448 g/mol. The number of allylic oxidation sites excluding steroid dienone is 2. The number of carbonyl (C=O) groups excluding carboxylic acids is 1. The van der Waals surface area contributed by atoms with E-state index in [4.69, 9.17) is 0 Å². The lowest BCUT2D eigenvalue weighted by Crippen LogP contribution is -2.52. The van der Waals surface area contributed by atoms with Crippen molar-refractivity contribution in [3.05, 3.63) is 60.7 Å². The minimum atomic E-state index is -1.65. The Morgan fingerprint density at radius 3 is 1.68 bits per heavy atom. The highest BCUT2D eigenvalue weighted by molar-refractivity contribution is 5.86. The fourth-order valence-electron chi connectivity index (χ4n) is 3.21. The molecule has 6 N–H and O–H groups in total.